The van der Waals surface area contributed by atoms with Crippen molar-refractivity contribution in [3.05, 3.63) is 35.7 Å². The highest BCUT2D eigenvalue weighted by molar-refractivity contribution is 5.29. The van der Waals surface area contributed by atoms with E-state index in [0.717, 1.165) is 12.2 Å². The molecule has 0 aromatic rings. The summed E-state index contributed by atoms with van der Waals surface area (Å²) >= 11 is 0. The van der Waals surface area contributed by atoms with Crippen LogP contribution in [0.3, 0.4) is 0 Å². The summed E-state index contributed by atoms with van der Waals surface area (Å²) < 4.78 is 48.7. The Bertz CT molecular complexity index is 243. The van der Waals surface area contributed by atoms with E-state index in [9.17, 15) is 17.6 Å². The molecule has 0 amide bonds. The van der Waals surface area contributed by atoms with Crippen molar-refractivity contribution in [2.75, 3.05) is 0 Å². The fourth-order valence-electron chi connectivity index (χ4n) is 0.685. The van der Waals surface area contributed by atoms with E-state index in [1.165, 1.54) is 19.9 Å². The molecule has 0 saturated heterocycles. The quantitative estimate of drug-likeness (QED) is 0.461. The van der Waals surface area contributed by atoms with E-state index in [1.807, 2.05) is 0 Å². The summed E-state index contributed by atoms with van der Waals surface area (Å²) in [6.45, 7) is 2.73. The Morgan fingerprint density at radius 3 is 2.00 bits per heavy atom. The lowest BCUT2D eigenvalue weighted by Crippen LogP contribution is -2.09. The highest BCUT2D eigenvalue weighted by Gasteiger charge is 2.31. The molecule has 0 saturated carbocycles. The minimum atomic E-state index is -4.49. The van der Waals surface area contributed by atoms with E-state index in [1.54, 1.807) is 0 Å². The van der Waals surface area contributed by atoms with Crippen molar-refractivity contribution in [3.63, 3.8) is 0 Å². The van der Waals surface area contributed by atoms with Gasteiger partial charge in [-0.3, -0.25) is 0 Å². The van der Waals surface area contributed by atoms with Gasteiger partial charge in [0.2, 0.25) is 0 Å². The molecular formula is C9H10F4. The first-order valence-corrected chi connectivity index (χ1v) is 3.65. The summed E-state index contributed by atoms with van der Waals surface area (Å²) in [5.74, 6) is -0.909. The Morgan fingerprint density at radius 2 is 1.69 bits per heavy atom. The second-order valence-corrected chi connectivity index (χ2v) is 2.27. The number of allylic oxidation sites excluding steroid dienone is 6. The van der Waals surface area contributed by atoms with E-state index in [0.29, 0.717) is 6.08 Å². The monoisotopic (exact) mass is 194 g/mol. The van der Waals surface area contributed by atoms with Gasteiger partial charge < -0.3 is 0 Å². The largest absolute Gasteiger partial charge is 0.416 e. The van der Waals surface area contributed by atoms with Crippen molar-refractivity contribution < 1.29 is 17.6 Å². The first kappa shape index (κ1) is 11.9. The molecular weight excluding hydrogens is 184 g/mol. The van der Waals surface area contributed by atoms with Crippen LogP contribution in [0.15, 0.2) is 35.7 Å². The SMILES string of the molecule is C\C=C/C(F)=C\C(=C/C)C(F)(F)F. The van der Waals surface area contributed by atoms with E-state index in [2.05, 4.69) is 0 Å². The zero-order valence-corrected chi connectivity index (χ0v) is 7.32. The van der Waals surface area contributed by atoms with Crippen molar-refractivity contribution in [2.24, 2.45) is 0 Å². The average Bonchev–Trinajstić information content (AvgIpc) is 1.98. The van der Waals surface area contributed by atoms with Crippen molar-refractivity contribution in [1.82, 2.24) is 0 Å². The fourth-order valence-corrected chi connectivity index (χ4v) is 0.685. The first-order chi connectivity index (χ1) is 5.91. The molecule has 0 aromatic carbocycles. The number of halogens is 4. The van der Waals surface area contributed by atoms with Gasteiger partial charge in [0.1, 0.15) is 5.83 Å². The van der Waals surface area contributed by atoms with Crippen LogP contribution in [0.5, 0.6) is 0 Å². The lowest BCUT2D eigenvalue weighted by Gasteiger charge is -2.05. The topological polar surface area (TPSA) is 0 Å². The summed E-state index contributed by atoms with van der Waals surface area (Å²) in [6, 6.07) is 0. The first-order valence-electron chi connectivity index (χ1n) is 3.65. The Hall–Kier alpha value is -1.06. The van der Waals surface area contributed by atoms with Crippen molar-refractivity contribution >= 4 is 0 Å². The van der Waals surface area contributed by atoms with Gasteiger partial charge in [-0.1, -0.05) is 12.2 Å². The van der Waals surface area contributed by atoms with Crippen LogP contribution in [0.25, 0.3) is 0 Å². The Balaban J connectivity index is 4.76. The molecule has 0 atom stereocenters. The van der Waals surface area contributed by atoms with Crippen molar-refractivity contribution in [2.45, 2.75) is 20.0 Å². The molecule has 0 spiro atoms. The highest BCUT2D eigenvalue weighted by atomic mass is 19.4. The summed E-state index contributed by atoms with van der Waals surface area (Å²) in [5, 5.41) is 0. The summed E-state index contributed by atoms with van der Waals surface area (Å²) in [6.07, 6.45) is -0.915. The minimum absolute atomic E-state index is 0.458. The second-order valence-electron chi connectivity index (χ2n) is 2.27. The van der Waals surface area contributed by atoms with Crippen molar-refractivity contribution in [1.29, 1.82) is 0 Å². The van der Waals surface area contributed by atoms with Gasteiger partial charge >= 0.3 is 6.18 Å². The van der Waals surface area contributed by atoms with Crippen LogP contribution < -0.4 is 0 Å². The predicted molar refractivity (Wildman–Crippen MR) is 43.8 cm³/mol. The van der Waals surface area contributed by atoms with Gasteiger partial charge in [0.15, 0.2) is 0 Å². The third-order valence-corrected chi connectivity index (χ3v) is 1.26. The summed E-state index contributed by atoms with van der Waals surface area (Å²) in [5.41, 5.74) is -0.983. The van der Waals surface area contributed by atoms with Gasteiger partial charge in [0.25, 0.3) is 0 Å². The summed E-state index contributed by atoms with van der Waals surface area (Å²) in [4.78, 5) is 0. The molecule has 0 nitrogen and oxygen atoms in total. The molecule has 0 heterocycles. The van der Waals surface area contributed by atoms with Crippen LogP contribution >= 0.6 is 0 Å². The standard InChI is InChI=1S/C9H10F4/c1-3-5-8(10)6-7(4-2)9(11,12)13/h3-6H,1-2H3/b5-3-,7-4+,8-6+. The van der Waals surface area contributed by atoms with E-state index in [-0.39, 0.29) is 0 Å². The van der Waals surface area contributed by atoms with Crippen LogP contribution in [0, 0.1) is 0 Å². The Labute approximate surface area is 74.3 Å². The third kappa shape index (κ3) is 4.50. The van der Waals surface area contributed by atoms with Crippen LogP contribution in [0.4, 0.5) is 17.6 Å². The number of alkyl halides is 3. The molecule has 74 valence electrons. The molecule has 0 aliphatic rings. The summed E-state index contributed by atoms with van der Waals surface area (Å²) in [7, 11) is 0. The number of rotatable bonds is 2. The molecule has 0 aromatic heterocycles. The van der Waals surface area contributed by atoms with Gasteiger partial charge in [-0.15, -0.1) is 0 Å². The van der Waals surface area contributed by atoms with Crippen LogP contribution in [-0.2, 0) is 0 Å². The van der Waals surface area contributed by atoms with Gasteiger partial charge in [-0.05, 0) is 26.0 Å². The van der Waals surface area contributed by atoms with Gasteiger partial charge in [0, 0.05) is 0 Å². The smallest absolute Gasteiger partial charge is 0.207 e. The highest BCUT2D eigenvalue weighted by Crippen LogP contribution is 2.27. The molecule has 0 unspecified atom stereocenters. The molecule has 0 aliphatic carbocycles. The lowest BCUT2D eigenvalue weighted by molar-refractivity contribution is -0.0884. The fraction of sp³-hybridized carbons (Fsp3) is 0.333. The zero-order valence-electron chi connectivity index (χ0n) is 7.32. The van der Waals surface area contributed by atoms with E-state index in [4.69, 9.17) is 0 Å². The lowest BCUT2D eigenvalue weighted by atomic mass is 10.2. The molecule has 0 bridgehead atoms. The maximum atomic E-state index is 12.6. The van der Waals surface area contributed by atoms with E-state index >= 15 is 0 Å². The zero-order chi connectivity index (χ0) is 10.5. The second kappa shape index (κ2) is 4.84. The minimum Gasteiger partial charge on any atom is -0.207 e. The predicted octanol–water partition coefficient (Wildman–Crippen LogP) is 3.92. The van der Waals surface area contributed by atoms with Gasteiger partial charge in [-0.25, -0.2) is 4.39 Å². The third-order valence-electron chi connectivity index (χ3n) is 1.26. The molecule has 0 radical (unpaired) electrons. The Kier molecular flexibility index (Phi) is 4.45. The molecule has 0 aliphatic heterocycles. The number of hydrogen-bond acceptors (Lipinski definition) is 0. The molecule has 13 heavy (non-hydrogen) atoms. The van der Waals surface area contributed by atoms with Crippen LogP contribution in [0.1, 0.15) is 13.8 Å². The molecule has 0 rings (SSSR count). The normalized spacial score (nSPS) is 15.5. The molecule has 0 fully saturated rings. The molecule has 4 heteroatoms. The number of hydrogen-bond donors (Lipinski definition) is 0. The maximum Gasteiger partial charge on any atom is 0.416 e. The van der Waals surface area contributed by atoms with Crippen molar-refractivity contribution in [3.8, 4) is 0 Å². The van der Waals surface area contributed by atoms with Gasteiger partial charge in [-0.2, -0.15) is 13.2 Å². The average molecular weight is 194 g/mol. The van der Waals surface area contributed by atoms with Gasteiger partial charge in [0.05, 0.1) is 5.57 Å². The van der Waals surface area contributed by atoms with Crippen LogP contribution in [-0.4, -0.2) is 6.18 Å². The van der Waals surface area contributed by atoms with Crippen LogP contribution in [0.2, 0.25) is 0 Å². The Morgan fingerprint density at radius 1 is 1.15 bits per heavy atom. The van der Waals surface area contributed by atoms with E-state index < -0.39 is 17.6 Å². The molecule has 0 N–H and O–H groups in total. The maximum absolute atomic E-state index is 12.6.